The van der Waals surface area contributed by atoms with Gasteiger partial charge in [0.25, 0.3) is 0 Å². The summed E-state index contributed by atoms with van der Waals surface area (Å²) in [5, 5.41) is 0. The number of aromatic nitrogens is 1. The van der Waals surface area contributed by atoms with Gasteiger partial charge in [-0.3, -0.25) is 4.98 Å². The predicted octanol–water partition coefficient (Wildman–Crippen LogP) is 2.28. The first kappa shape index (κ1) is 13.5. The summed E-state index contributed by atoms with van der Waals surface area (Å²) >= 11 is 0. The molecule has 0 saturated heterocycles. The van der Waals surface area contributed by atoms with Crippen molar-refractivity contribution >= 4 is 5.76 Å². The molecule has 0 amide bonds. The minimum Gasteiger partial charge on any atom is -0.461 e. The molecule has 1 heterocycles. The first-order valence-electron chi connectivity index (χ1n) is 4.91. The first-order chi connectivity index (χ1) is 8.25. The van der Waals surface area contributed by atoms with Crippen molar-refractivity contribution in [2.24, 2.45) is 0 Å². The van der Waals surface area contributed by atoms with Gasteiger partial charge < -0.3 is 14.2 Å². The second-order valence-corrected chi connectivity index (χ2v) is 2.99. The normalized spacial score (nSPS) is 10.1. The molecule has 0 atom stereocenters. The van der Waals surface area contributed by atoms with Crippen molar-refractivity contribution in [3.63, 3.8) is 0 Å². The smallest absolute Gasteiger partial charge is 0.312 e. The number of halogens is 2. The van der Waals surface area contributed by atoms with E-state index in [2.05, 4.69) is 4.98 Å². The minimum absolute atomic E-state index is 0.211. The monoisotopic (exact) mass is 245 g/mol. The molecule has 1 rings (SSSR count). The summed E-state index contributed by atoms with van der Waals surface area (Å²) in [5.74, 6) is -0.518. The number of rotatable bonds is 7. The van der Waals surface area contributed by atoms with Crippen LogP contribution in [0.25, 0.3) is 5.76 Å². The Morgan fingerprint density at radius 1 is 1.35 bits per heavy atom. The summed E-state index contributed by atoms with van der Waals surface area (Å²) < 4.78 is 39.7. The van der Waals surface area contributed by atoms with Gasteiger partial charge in [0.2, 0.25) is 0 Å². The predicted molar refractivity (Wildman–Crippen MR) is 57.2 cm³/mol. The van der Waals surface area contributed by atoms with Gasteiger partial charge in [-0.15, -0.1) is 0 Å². The van der Waals surface area contributed by atoms with Crippen LogP contribution in [0.2, 0.25) is 0 Å². The number of hydrogen-bond acceptors (Lipinski definition) is 4. The molecule has 4 nitrogen and oxygen atoms in total. The van der Waals surface area contributed by atoms with E-state index in [9.17, 15) is 8.78 Å². The Bertz CT molecular complexity index is 353. The van der Waals surface area contributed by atoms with Crippen molar-refractivity contribution in [1.29, 1.82) is 0 Å². The summed E-state index contributed by atoms with van der Waals surface area (Å²) in [7, 11) is 1.52. The fourth-order valence-corrected chi connectivity index (χ4v) is 1.05. The molecular formula is C11H13F2NO3. The number of ether oxygens (including phenoxy) is 3. The van der Waals surface area contributed by atoms with Crippen LogP contribution in [0.1, 0.15) is 5.56 Å². The third-order valence-corrected chi connectivity index (χ3v) is 1.81. The zero-order valence-corrected chi connectivity index (χ0v) is 9.36. The molecule has 0 unspecified atom stereocenters. The van der Waals surface area contributed by atoms with Crippen molar-refractivity contribution in [1.82, 2.24) is 4.98 Å². The minimum atomic E-state index is -1.91. The molecule has 0 bridgehead atoms. The molecule has 0 fully saturated rings. The van der Waals surface area contributed by atoms with Gasteiger partial charge >= 0.3 is 6.08 Å². The first-order valence-corrected chi connectivity index (χ1v) is 4.91. The van der Waals surface area contributed by atoms with E-state index in [4.69, 9.17) is 14.2 Å². The highest BCUT2D eigenvalue weighted by atomic mass is 19.3. The zero-order chi connectivity index (χ0) is 12.5. The Morgan fingerprint density at radius 2 is 2.18 bits per heavy atom. The van der Waals surface area contributed by atoms with Crippen molar-refractivity contribution in [3.8, 4) is 0 Å². The van der Waals surface area contributed by atoms with Gasteiger partial charge in [-0.2, -0.15) is 8.78 Å². The maximum absolute atomic E-state index is 12.6. The van der Waals surface area contributed by atoms with Crippen LogP contribution in [-0.2, 0) is 14.2 Å². The van der Waals surface area contributed by atoms with Gasteiger partial charge in [-0.05, 0) is 12.1 Å². The van der Waals surface area contributed by atoms with Crippen molar-refractivity contribution in [2.75, 3.05) is 27.1 Å². The summed E-state index contributed by atoms with van der Waals surface area (Å²) in [6, 6.07) is 3.03. The van der Waals surface area contributed by atoms with Crippen LogP contribution in [0.15, 0.2) is 30.6 Å². The number of methoxy groups -OCH3 is 1. The van der Waals surface area contributed by atoms with Crippen LogP contribution in [-0.4, -0.2) is 32.1 Å². The van der Waals surface area contributed by atoms with E-state index in [0.717, 1.165) is 0 Å². The molecule has 94 valence electrons. The van der Waals surface area contributed by atoms with Gasteiger partial charge in [0.1, 0.15) is 0 Å². The highest BCUT2D eigenvalue weighted by Gasteiger charge is 2.10. The van der Waals surface area contributed by atoms with E-state index in [-0.39, 0.29) is 19.0 Å². The maximum atomic E-state index is 12.6. The van der Waals surface area contributed by atoms with Crippen LogP contribution < -0.4 is 0 Å². The zero-order valence-electron chi connectivity index (χ0n) is 9.36. The Labute approximate surface area is 97.8 Å². The van der Waals surface area contributed by atoms with E-state index in [1.54, 1.807) is 6.07 Å². The molecule has 0 aliphatic rings. The summed E-state index contributed by atoms with van der Waals surface area (Å²) in [6.45, 7) is 0.406. The molecule has 0 N–H and O–H groups in total. The fourth-order valence-electron chi connectivity index (χ4n) is 1.05. The highest BCUT2D eigenvalue weighted by Crippen LogP contribution is 2.21. The third-order valence-electron chi connectivity index (χ3n) is 1.81. The molecule has 0 radical (unpaired) electrons. The van der Waals surface area contributed by atoms with Crippen LogP contribution in [0.5, 0.6) is 0 Å². The molecular weight excluding hydrogens is 232 g/mol. The Hall–Kier alpha value is -1.53. The Kier molecular flexibility index (Phi) is 6.13. The number of hydrogen-bond donors (Lipinski definition) is 0. The second-order valence-electron chi connectivity index (χ2n) is 2.99. The molecule has 1 aromatic rings. The van der Waals surface area contributed by atoms with Crippen LogP contribution in [0.3, 0.4) is 0 Å². The second kappa shape index (κ2) is 7.70. The molecule has 17 heavy (non-hydrogen) atoms. The van der Waals surface area contributed by atoms with E-state index < -0.39 is 11.8 Å². The summed E-state index contributed by atoms with van der Waals surface area (Å²) in [6.07, 6.45) is 0.879. The van der Waals surface area contributed by atoms with Crippen molar-refractivity contribution in [3.05, 3.63) is 36.2 Å². The van der Waals surface area contributed by atoms with E-state index in [1.807, 2.05) is 0 Å². The lowest BCUT2D eigenvalue weighted by molar-refractivity contribution is -0.0236. The Morgan fingerprint density at radius 3 is 2.76 bits per heavy atom. The molecule has 0 aromatic carbocycles. The largest absolute Gasteiger partial charge is 0.461 e. The van der Waals surface area contributed by atoms with E-state index in [0.29, 0.717) is 6.61 Å². The molecule has 1 aromatic heterocycles. The SMILES string of the molecule is COCCOCOC(=C(F)F)c1cccnc1. The van der Waals surface area contributed by atoms with Crippen LogP contribution in [0, 0.1) is 0 Å². The number of nitrogens with zero attached hydrogens (tertiary/aromatic N) is 1. The van der Waals surface area contributed by atoms with Crippen LogP contribution in [0.4, 0.5) is 8.78 Å². The van der Waals surface area contributed by atoms with Crippen LogP contribution >= 0.6 is 0 Å². The van der Waals surface area contributed by atoms with Crippen molar-refractivity contribution < 1.29 is 23.0 Å². The molecule has 0 aliphatic heterocycles. The lowest BCUT2D eigenvalue weighted by atomic mass is 10.2. The lowest BCUT2D eigenvalue weighted by Gasteiger charge is -2.09. The third kappa shape index (κ3) is 4.88. The average molecular weight is 245 g/mol. The molecule has 0 aliphatic carbocycles. The molecule has 6 heteroatoms. The number of pyridine rings is 1. The standard InChI is InChI=1S/C11H13F2NO3/c1-15-5-6-16-8-17-10(11(12)13)9-3-2-4-14-7-9/h2-4,7H,5-6,8H2,1H3. The van der Waals surface area contributed by atoms with E-state index in [1.165, 1.54) is 25.6 Å². The van der Waals surface area contributed by atoms with Gasteiger partial charge in [0.05, 0.1) is 13.2 Å². The fraction of sp³-hybridized carbons (Fsp3) is 0.364. The Balaban J connectivity index is 2.50. The van der Waals surface area contributed by atoms with Crippen molar-refractivity contribution in [2.45, 2.75) is 0 Å². The summed E-state index contributed by atoms with van der Waals surface area (Å²) in [5.41, 5.74) is 0.211. The lowest BCUT2D eigenvalue weighted by Crippen LogP contribution is -2.06. The van der Waals surface area contributed by atoms with Gasteiger partial charge in [0.15, 0.2) is 12.6 Å². The van der Waals surface area contributed by atoms with Gasteiger partial charge in [-0.1, -0.05) is 0 Å². The maximum Gasteiger partial charge on any atom is 0.312 e. The molecule has 0 spiro atoms. The highest BCUT2D eigenvalue weighted by molar-refractivity contribution is 5.59. The van der Waals surface area contributed by atoms with E-state index >= 15 is 0 Å². The van der Waals surface area contributed by atoms with Gasteiger partial charge in [-0.25, -0.2) is 0 Å². The molecule has 0 saturated carbocycles. The topological polar surface area (TPSA) is 40.6 Å². The quantitative estimate of drug-likeness (QED) is 0.420. The average Bonchev–Trinajstić information content (AvgIpc) is 2.34. The summed E-state index contributed by atoms with van der Waals surface area (Å²) in [4.78, 5) is 3.74. The van der Waals surface area contributed by atoms with Gasteiger partial charge in [0, 0.05) is 25.1 Å².